The monoisotopic (exact) mass is 354 g/mol. The van der Waals surface area contributed by atoms with Crippen molar-refractivity contribution in [1.29, 1.82) is 0 Å². The van der Waals surface area contributed by atoms with Gasteiger partial charge in [0.15, 0.2) is 0 Å². The van der Waals surface area contributed by atoms with E-state index in [0.717, 1.165) is 5.75 Å². The lowest BCUT2D eigenvalue weighted by molar-refractivity contribution is 0.0773. The molecule has 0 unspecified atom stereocenters. The molecule has 1 heterocycles. The number of methoxy groups -OCH3 is 1. The van der Waals surface area contributed by atoms with Crippen molar-refractivity contribution in [2.24, 2.45) is 0 Å². The highest BCUT2D eigenvalue weighted by Crippen LogP contribution is 2.18. The van der Waals surface area contributed by atoms with E-state index >= 15 is 0 Å². The lowest BCUT2D eigenvalue weighted by Crippen LogP contribution is -2.30. The molecule has 1 amide bonds. The lowest BCUT2D eigenvalue weighted by atomic mass is 10.2. The third-order valence-corrected chi connectivity index (χ3v) is 3.50. The van der Waals surface area contributed by atoms with Crippen molar-refractivity contribution < 1.29 is 14.3 Å². The Morgan fingerprint density at radius 2 is 1.70 bits per heavy atom. The summed E-state index contributed by atoms with van der Waals surface area (Å²) >= 11 is 11.6. The predicted octanol–water partition coefficient (Wildman–Crippen LogP) is 3.55. The summed E-state index contributed by atoms with van der Waals surface area (Å²) in [5.41, 5.74) is 0.391. The van der Waals surface area contributed by atoms with E-state index in [4.69, 9.17) is 32.7 Å². The molecule has 0 bridgehead atoms. The number of rotatable bonds is 6. The van der Waals surface area contributed by atoms with Crippen molar-refractivity contribution >= 4 is 29.1 Å². The summed E-state index contributed by atoms with van der Waals surface area (Å²) in [4.78, 5) is 17.6. The largest absolute Gasteiger partial charge is 0.497 e. The van der Waals surface area contributed by atoms with Crippen LogP contribution in [0.4, 0.5) is 0 Å². The van der Waals surface area contributed by atoms with Crippen molar-refractivity contribution in [2.45, 2.75) is 0 Å². The zero-order valence-corrected chi connectivity index (χ0v) is 14.3. The normalized spacial score (nSPS) is 10.3. The van der Waals surface area contributed by atoms with Crippen molar-refractivity contribution in [2.75, 3.05) is 27.3 Å². The van der Waals surface area contributed by atoms with Crippen molar-refractivity contribution in [3.05, 3.63) is 52.3 Å². The SMILES string of the molecule is COc1ccc(OCCN(C)C(=O)c2cc(Cl)nc(Cl)c2)cc1. The smallest absolute Gasteiger partial charge is 0.253 e. The van der Waals surface area contributed by atoms with Crippen molar-refractivity contribution in [1.82, 2.24) is 9.88 Å². The highest BCUT2D eigenvalue weighted by molar-refractivity contribution is 6.33. The zero-order valence-electron chi connectivity index (χ0n) is 12.8. The van der Waals surface area contributed by atoms with Gasteiger partial charge in [-0.25, -0.2) is 4.98 Å². The van der Waals surface area contributed by atoms with E-state index in [1.165, 1.54) is 17.0 Å². The number of nitrogens with zero attached hydrogens (tertiary/aromatic N) is 2. The average molecular weight is 355 g/mol. The molecule has 0 aliphatic rings. The maximum absolute atomic E-state index is 12.3. The predicted molar refractivity (Wildman–Crippen MR) is 89.7 cm³/mol. The first kappa shape index (κ1) is 17.4. The molecular formula is C16H16Cl2N2O3. The first-order valence-corrected chi connectivity index (χ1v) is 7.60. The molecule has 0 aliphatic heterocycles. The average Bonchev–Trinajstić information content (AvgIpc) is 2.53. The van der Waals surface area contributed by atoms with Gasteiger partial charge in [-0.15, -0.1) is 0 Å². The summed E-state index contributed by atoms with van der Waals surface area (Å²) in [7, 11) is 3.29. The summed E-state index contributed by atoms with van der Waals surface area (Å²) in [6.07, 6.45) is 0. The Kier molecular flexibility index (Phi) is 6.07. The van der Waals surface area contributed by atoms with E-state index < -0.39 is 0 Å². The summed E-state index contributed by atoms with van der Waals surface area (Å²) in [6, 6.07) is 10.2. The zero-order chi connectivity index (χ0) is 16.8. The number of ether oxygens (including phenoxy) is 2. The first-order chi connectivity index (χ1) is 11.0. The summed E-state index contributed by atoms with van der Waals surface area (Å²) in [6.45, 7) is 0.781. The van der Waals surface area contributed by atoms with Gasteiger partial charge in [0.05, 0.1) is 13.7 Å². The Hall–Kier alpha value is -1.98. The molecule has 5 nitrogen and oxygen atoms in total. The molecule has 0 fully saturated rings. The molecule has 2 aromatic rings. The fraction of sp³-hybridized carbons (Fsp3) is 0.250. The van der Waals surface area contributed by atoms with Crippen LogP contribution in [0.25, 0.3) is 0 Å². The number of carbonyl (C=O) groups excluding carboxylic acids is 1. The molecule has 1 aromatic heterocycles. The second kappa shape index (κ2) is 8.04. The number of benzene rings is 1. The Labute approximate surface area is 144 Å². The van der Waals surface area contributed by atoms with Crippen LogP contribution in [0.15, 0.2) is 36.4 Å². The number of hydrogen-bond acceptors (Lipinski definition) is 4. The standard InChI is InChI=1S/C16H16Cl2N2O3/c1-20(16(21)11-9-14(17)19-15(18)10-11)7-8-23-13-5-3-12(22-2)4-6-13/h3-6,9-10H,7-8H2,1-2H3. The maximum atomic E-state index is 12.3. The number of amides is 1. The summed E-state index contributed by atoms with van der Waals surface area (Å²) < 4.78 is 10.7. The van der Waals surface area contributed by atoms with E-state index in [2.05, 4.69) is 4.98 Å². The van der Waals surface area contributed by atoms with E-state index in [1.807, 2.05) is 24.3 Å². The van der Waals surface area contributed by atoms with Crippen molar-refractivity contribution in [3.8, 4) is 11.5 Å². The number of likely N-dealkylation sites (N-methyl/N-ethyl adjacent to an activating group) is 1. The fourth-order valence-corrected chi connectivity index (χ4v) is 2.34. The van der Waals surface area contributed by atoms with Gasteiger partial charge in [0.1, 0.15) is 28.4 Å². The van der Waals surface area contributed by atoms with Gasteiger partial charge in [0, 0.05) is 12.6 Å². The topological polar surface area (TPSA) is 51.7 Å². The quantitative estimate of drug-likeness (QED) is 0.744. The number of carbonyl (C=O) groups is 1. The Morgan fingerprint density at radius 3 is 2.26 bits per heavy atom. The Balaban J connectivity index is 1.88. The second-order valence-corrected chi connectivity index (χ2v) is 5.53. The van der Waals surface area contributed by atoms with Crippen LogP contribution < -0.4 is 9.47 Å². The molecule has 0 aliphatic carbocycles. The van der Waals surface area contributed by atoms with Crippen LogP contribution in [0.5, 0.6) is 11.5 Å². The van der Waals surface area contributed by atoms with Crippen LogP contribution in [0.3, 0.4) is 0 Å². The summed E-state index contributed by atoms with van der Waals surface area (Å²) in [5, 5.41) is 0.368. The minimum atomic E-state index is -0.200. The number of pyridine rings is 1. The highest BCUT2D eigenvalue weighted by atomic mass is 35.5. The van der Waals surface area contributed by atoms with E-state index in [1.54, 1.807) is 14.2 Å². The van der Waals surface area contributed by atoms with Gasteiger partial charge >= 0.3 is 0 Å². The molecule has 23 heavy (non-hydrogen) atoms. The van der Waals surface area contributed by atoms with Gasteiger partial charge in [0.2, 0.25) is 0 Å². The molecule has 7 heteroatoms. The molecule has 0 radical (unpaired) electrons. The molecule has 0 saturated carbocycles. The van der Waals surface area contributed by atoms with Crippen LogP contribution in [0, 0.1) is 0 Å². The molecular weight excluding hydrogens is 339 g/mol. The third-order valence-electron chi connectivity index (χ3n) is 3.11. The van der Waals surface area contributed by atoms with Gasteiger partial charge < -0.3 is 14.4 Å². The van der Waals surface area contributed by atoms with Crippen LogP contribution in [0.2, 0.25) is 10.3 Å². The van der Waals surface area contributed by atoms with Gasteiger partial charge in [0.25, 0.3) is 5.91 Å². The highest BCUT2D eigenvalue weighted by Gasteiger charge is 2.13. The third kappa shape index (κ3) is 5.01. The van der Waals surface area contributed by atoms with Crippen molar-refractivity contribution in [3.63, 3.8) is 0 Å². The number of hydrogen-bond donors (Lipinski definition) is 0. The van der Waals surface area contributed by atoms with Gasteiger partial charge in [-0.1, -0.05) is 23.2 Å². The number of aromatic nitrogens is 1. The molecule has 122 valence electrons. The molecule has 1 aromatic carbocycles. The minimum absolute atomic E-state index is 0.184. The molecule has 0 spiro atoms. The lowest BCUT2D eigenvalue weighted by Gasteiger charge is -2.17. The Bertz CT molecular complexity index is 657. The maximum Gasteiger partial charge on any atom is 0.253 e. The fourth-order valence-electron chi connectivity index (χ4n) is 1.88. The van der Waals surface area contributed by atoms with E-state index in [0.29, 0.717) is 24.5 Å². The minimum Gasteiger partial charge on any atom is -0.497 e. The van der Waals surface area contributed by atoms with Crippen LogP contribution in [-0.2, 0) is 0 Å². The first-order valence-electron chi connectivity index (χ1n) is 6.85. The van der Waals surface area contributed by atoms with Gasteiger partial charge in [-0.2, -0.15) is 0 Å². The van der Waals surface area contributed by atoms with Crippen LogP contribution in [-0.4, -0.2) is 43.1 Å². The van der Waals surface area contributed by atoms with Gasteiger partial charge in [-0.3, -0.25) is 4.79 Å². The van der Waals surface area contributed by atoms with Gasteiger partial charge in [-0.05, 0) is 36.4 Å². The second-order valence-electron chi connectivity index (χ2n) is 4.75. The van der Waals surface area contributed by atoms with Crippen LogP contribution in [0.1, 0.15) is 10.4 Å². The summed E-state index contributed by atoms with van der Waals surface area (Å²) in [5.74, 6) is 1.27. The molecule has 0 atom stereocenters. The number of halogens is 2. The van der Waals surface area contributed by atoms with Crippen LogP contribution >= 0.6 is 23.2 Å². The van der Waals surface area contributed by atoms with E-state index in [-0.39, 0.29) is 16.2 Å². The Morgan fingerprint density at radius 1 is 1.13 bits per heavy atom. The van der Waals surface area contributed by atoms with E-state index in [9.17, 15) is 4.79 Å². The molecule has 0 saturated heterocycles. The molecule has 0 N–H and O–H groups in total. The molecule has 2 rings (SSSR count).